The van der Waals surface area contributed by atoms with Crippen LogP contribution in [0.3, 0.4) is 0 Å². The summed E-state index contributed by atoms with van der Waals surface area (Å²) in [7, 11) is 1.68. The lowest BCUT2D eigenvalue weighted by Gasteiger charge is -2.25. The third-order valence-electron chi connectivity index (χ3n) is 3.78. The van der Waals surface area contributed by atoms with Crippen LogP contribution in [0, 0.1) is 6.92 Å². The van der Waals surface area contributed by atoms with Gasteiger partial charge in [0.15, 0.2) is 5.75 Å². The monoisotopic (exact) mass is 310 g/mol. The van der Waals surface area contributed by atoms with Crippen molar-refractivity contribution in [2.24, 2.45) is 0 Å². The number of ether oxygens (including phenoxy) is 1. The highest BCUT2D eigenvalue weighted by molar-refractivity contribution is 5.29. The zero-order valence-electron chi connectivity index (χ0n) is 14.4. The molecule has 0 unspecified atom stereocenters. The van der Waals surface area contributed by atoms with Crippen molar-refractivity contribution >= 4 is 0 Å². The van der Waals surface area contributed by atoms with Crippen LogP contribution < -0.4 is 5.43 Å². The minimum atomic E-state index is -0.288. The van der Waals surface area contributed by atoms with Crippen molar-refractivity contribution in [2.45, 2.75) is 53.1 Å². The summed E-state index contributed by atoms with van der Waals surface area (Å²) in [5, 5.41) is 10.3. The number of pyridine rings is 1. The van der Waals surface area contributed by atoms with Crippen LogP contribution in [0.15, 0.2) is 10.9 Å². The highest BCUT2D eigenvalue weighted by Crippen LogP contribution is 2.18. The van der Waals surface area contributed by atoms with E-state index in [0.29, 0.717) is 13.2 Å². The summed E-state index contributed by atoms with van der Waals surface area (Å²) in [5.41, 5.74) is 1.33. The van der Waals surface area contributed by atoms with Gasteiger partial charge < -0.3 is 14.4 Å². The van der Waals surface area contributed by atoms with Crippen molar-refractivity contribution in [3.05, 3.63) is 27.7 Å². The van der Waals surface area contributed by atoms with E-state index in [0.717, 1.165) is 50.3 Å². The van der Waals surface area contributed by atoms with Gasteiger partial charge >= 0.3 is 0 Å². The Labute approximate surface area is 133 Å². The minimum Gasteiger partial charge on any atom is -0.503 e. The summed E-state index contributed by atoms with van der Waals surface area (Å²) in [4.78, 5) is 14.2. The van der Waals surface area contributed by atoms with Crippen LogP contribution in [0.25, 0.3) is 0 Å². The number of nitrogens with zero attached hydrogens (tertiary/aromatic N) is 2. The molecule has 0 atom stereocenters. The van der Waals surface area contributed by atoms with Crippen LogP contribution in [-0.2, 0) is 17.8 Å². The Hall–Kier alpha value is -1.33. The standard InChI is InChI=1S/C17H30N2O3/c1-5-8-18(9-6-2)13-15-17(21)16(20)12-14(3)19(15)10-7-11-22-4/h12,21H,5-11,13H2,1-4H3. The third kappa shape index (κ3) is 5.14. The quantitative estimate of drug-likeness (QED) is 0.675. The molecule has 1 rings (SSSR count). The summed E-state index contributed by atoms with van der Waals surface area (Å²) in [6.07, 6.45) is 2.97. The second-order valence-electron chi connectivity index (χ2n) is 5.72. The van der Waals surface area contributed by atoms with Gasteiger partial charge in [-0.3, -0.25) is 9.69 Å². The maximum atomic E-state index is 11.9. The van der Waals surface area contributed by atoms with Crippen LogP contribution in [0.5, 0.6) is 5.75 Å². The summed E-state index contributed by atoms with van der Waals surface area (Å²) in [6, 6.07) is 1.51. The van der Waals surface area contributed by atoms with Crippen LogP contribution >= 0.6 is 0 Å². The predicted molar refractivity (Wildman–Crippen MR) is 89.5 cm³/mol. The van der Waals surface area contributed by atoms with Gasteiger partial charge in [0.25, 0.3) is 0 Å². The molecule has 5 nitrogen and oxygen atoms in total. The van der Waals surface area contributed by atoms with Crippen LogP contribution in [0.1, 0.15) is 44.5 Å². The Bertz CT molecular complexity index is 505. The number of methoxy groups -OCH3 is 1. The second-order valence-corrected chi connectivity index (χ2v) is 5.72. The van der Waals surface area contributed by atoms with E-state index in [9.17, 15) is 9.90 Å². The lowest BCUT2D eigenvalue weighted by Crippen LogP contribution is -2.29. The molecule has 0 radical (unpaired) electrons. The van der Waals surface area contributed by atoms with Crippen molar-refractivity contribution in [2.75, 3.05) is 26.8 Å². The molecule has 0 saturated carbocycles. The first-order valence-corrected chi connectivity index (χ1v) is 8.18. The average Bonchev–Trinajstić information content (AvgIpc) is 2.48. The summed E-state index contributed by atoms with van der Waals surface area (Å²) < 4.78 is 7.16. The molecule has 0 aliphatic rings. The molecule has 1 N–H and O–H groups in total. The zero-order valence-corrected chi connectivity index (χ0v) is 14.4. The largest absolute Gasteiger partial charge is 0.503 e. The molecule has 0 saturated heterocycles. The first-order valence-electron chi connectivity index (χ1n) is 8.18. The molecule has 0 aliphatic carbocycles. The third-order valence-corrected chi connectivity index (χ3v) is 3.78. The summed E-state index contributed by atoms with van der Waals surface area (Å²) in [5.74, 6) is -0.111. The first kappa shape index (κ1) is 18.7. The number of aromatic nitrogens is 1. The lowest BCUT2D eigenvalue weighted by molar-refractivity contribution is 0.188. The highest BCUT2D eigenvalue weighted by atomic mass is 16.5. The molecular weight excluding hydrogens is 280 g/mol. The van der Waals surface area contributed by atoms with Gasteiger partial charge in [-0.1, -0.05) is 13.8 Å². The number of aromatic hydroxyl groups is 1. The predicted octanol–water partition coefficient (Wildman–Crippen LogP) is 2.52. The molecular formula is C17H30N2O3. The maximum absolute atomic E-state index is 11.9. The molecule has 0 bridgehead atoms. The van der Waals surface area contributed by atoms with Gasteiger partial charge in [-0.15, -0.1) is 0 Å². The molecule has 1 aromatic rings. The van der Waals surface area contributed by atoms with Crippen molar-refractivity contribution < 1.29 is 9.84 Å². The average molecular weight is 310 g/mol. The van der Waals surface area contributed by atoms with E-state index in [2.05, 4.69) is 18.7 Å². The maximum Gasteiger partial charge on any atom is 0.223 e. The van der Waals surface area contributed by atoms with E-state index in [1.807, 2.05) is 11.5 Å². The Morgan fingerprint density at radius 2 is 1.91 bits per heavy atom. The van der Waals surface area contributed by atoms with E-state index in [1.165, 1.54) is 6.07 Å². The Balaban J connectivity index is 3.09. The summed E-state index contributed by atoms with van der Waals surface area (Å²) in [6.45, 7) is 10.2. The smallest absolute Gasteiger partial charge is 0.223 e. The van der Waals surface area contributed by atoms with E-state index >= 15 is 0 Å². The number of hydrogen-bond donors (Lipinski definition) is 1. The van der Waals surface area contributed by atoms with Gasteiger partial charge in [0.05, 0.1) is 5.69 Å². The van der Waals surface area contributed by atoms with Crippen LogP contribution in [0.4, 0.5) is 0 Å². The van der Waals surface area contributed by atoms with Gasteiger partial charge in [0.1, 0.15) is 0 Å². The normalized spacial score (nSPS) is 11.3. The fourth-order valence-electron chi connectivity index (χ4n) is 2.77. The number of rotatable bonds is 10. The van der Waals surface area contributed by atoms with Gasteiger partial charge in [-0.2, -0.15) is 0 Å². The minimum absolute atomic E-state index is 0.111. The fraction of sp³-hybridized carbons (Fsp3) is 0.706. The van der Waals surface area contributed by atoms with Gasteiger partial charge in [0.2, 0.25) is 5.43 Å². The molecule has 1 aromatic heterocycles. The molecule has 1 heterocycles. The molecule has 0 fully saturated rings. The molecule has 0 aliphatic heterocycles. The number of aryl methyl sites for hydroxylation is 1. The lowest BCUT2D eigenvalue weighted by atomic mass is 10.2. The molecule has 0 amide bonds. The molecule has 22 heavy (non-hydrogen) atoms. The molecule has 0 spiro atoms. The topological polar surface area (TPSA) is 54.7 Å². The van der Waals surface area contributed by atoms with Crippen LogP contribution in [0.2, 0.25) is 0 Å². The van der Waals surface area contributed by atoms with Gasteiger partial charge in [0, 0.05) is 38.6 Å². The Kier molecular flexibility index (Phi) is 8.20. The highest BCUT2D eigenvalue weighted by Gasteiger charge is 2.16. The Morgan fingerprint density at radius 1 is 1.27 bits per heavy atom. The van der Waals surface area contributed by atoms with E-state index in [4.69, 9.17) is 4.74 Å². The SMILES string of the molecule is CCCN(CCC)Cc1c(O)c(=O)cc(C)n1CCCOC. The van der Waals surface area contributed by atoms with Gasteiger partial charge in [-0.05, 0) is 39.3 Å². The van der Waals surface area contributed by atoms with E-state index < -0.39 is 0 Å². The first-order chi connectivity index (χ1) is 10.5. The number of hydrogen-bond acceptors (Lipinski definition) is 4. The molecule has 5 heteroatoms. The van der Waals surface area contributed by atoms with Crippen molar-refractivity contribution in [3.63, 3.8) is 0 Å². The summed E-state index contributed by atoms with van der Waals surface area (Å²) >= 11 is 0. The molecule has 126 valence electrons. The second kappa shape index (κ2) is 9.64. The van der Waals surface area contributed by atoms with E-state index in [-0.39, 0.29) is 11.2 Å². The fourth-order valence-corrected chi connectivity index (χ4v) is 2.77. The van der Waals surface area contributed by atoms with Crippen molar-refractivity contribution in [3.8, 4) is 5.75 Å². The van der Waals surface area contributed by atoms with Crippen molar-refractivity contribution in [1.82, 2.24) is 9.47 Å². The van der Waals surface area contributed by atoms with Gasteiger partial charge in [-0.25, -0.2) is 0 Å². The van der Waals surface area contributed by atoms with Crippen LogP contribution in [-0.4, -0.2) is 41.4 Å². The van der Waals surface area contributed by atoms with Crippen molar-refractivity contribution in [1.29, 1.82) is 0 Å². The molecule has 0 aromatic carbocycles. The Morgan fingerprint density at radius 3 is 2.45 bits per heavy atom. The zero-order chi connectivity index (χ0) is 16.5. The van der Waals surface area contributed by atoms with E-state index in [1.54, 1.807) is 7.11 Å².